The zero-order chi connectivity index (χ0) is 13.8. The second-order valence-corrected chi connectivity index (χ2v) is 4.26. The molecule has 0 unspecified atom stereocenters. The van der Waals surface area contributed by atoms with Crippen LogP contribution in [-0.2, 0) is 9.47 Å². The molecular weight excluding hydrogens is 256 g/mol. The van der Waals surface area contributed by atoms with Crippen LogP contribution in [-0.4, -0.2) is 12.8 Å². The molecule has 1 heterocycles. The van der Waals surface area contributed by atoms with Gasteiger partial charge in [-0.2, -0.15) is 0 Å². The molecule has 0 amide bonds. The summed E-state index contributed by atoms with van der Waals surface area (Å²) in [6.45, 7) is 3.95. The van der Waals surface area contributed by atoms with E-state index < -0.39 is 6.16 Å². The number of rotatable bonds is 4. The highest BCUT2D eigenvalue weighted by atomic mass is 17.0. The molecule has 20 heavy (non-hydrogen) atoms. The molecule has 1 aliphatic heterocycles. The van der Waals surface area contributed by atoms with Crippen LogP contribution in [0.2, 0.25) is 0 Å². The Morgan fingerprint density at radius 3 is 1.75 bits per heavy atom. The monoisotopic (exact) mass is 270 g/mol. The molecule has 0 N–H and O–H groups in total. The fraction of sp³-hybridized carbons (Fsp3) is 0.125. The summed E-state index contributed by atoms with van der Waals surface area (Å²) < 4.78 is 22.4. The van der Waals surface area contributed by atoms with Gasteiger partial charge >= 0.3 is 6.16 Å². The SMILES string of the molecule is C=C1COC(Oc2ccccc2)(Oc2ccccc2)O1. The summed E-state index contributed by atoms with van der Waals surface area (Å²) in [6.07, 6.45) is -1.63. The Bertz CT molecular complexity index is 538. The lowest BCUT2D eigenvalue weighted by atomic mass is 10.3. The van der Waals surface area contributed by atoms with Gasteiger partial charge in [0.2, 0.25) is 0 Å². The summed E-state index contributed by atoms with van der Waals surface area (Å²) in [5.74, 6) is 1.62. The molecule has 2 aromatic rings. The van der Waals surface area contributed by atoms with Crippen LogP contribution in [0.3, 0.4) is 0 Å². The molecule has 0 atom stereocenters. The average molecular weight is 270 g/mol. The van der Waals surface area contributed by atoms with Crippen LogP contribution >= 0.6 is 0 Å². The molecule has 1 saturated heterocycles. The summed E-state index contributed by atoms with van der Waals surface area (Å²) in [6, 6.07) is 18.4. The summed E-state index contributed by atoms with van der Waals surface area (Å²) in [5.41, 5.74) is 0. The molecule has 4 nitrogen and oxygen atoms in total. The standard InChI is InChI=1S/C16H14O4/c1-13-12-17-16(18-13,19-14-8-4-2-5-9-14)20-15-10-6-3-7-11-15/h2-11H,1,12H2. The van der Waals surface area contributed by atoms with Gasteiger partial charge in [0.05, 0.1) is 0 Å². The Labute approximate surface area is 117 Å². The average Bonchev–Trinajstić information content (AvgIpc) is 2.82. The fourth-order valence-electron chi connectivity index (χ4n) is 1.79. The van der Waals surface area contributed by atoms with Crippen LogP contribution in [0.15, 0.2) is 73.0 Å². The van der Waals surface area contributed by atoms with Crippen molar-refractivity contribution in [1.29, 1.82) is 0 Å². The Morgan fingerprint density at radius 2 is 1.35 bits per heavy atom. The van der Waals surface area contributed by atoms with Crippen molar-refractivity contribution in [3.05, 3.63) is 73.0 Å². The molecule has 0 spiro atoms. The number of ether oxygens (including phenoxy) is 4. The quantitative estimate of drug-likeness (QED) is 0.799. The van der Waals surface area contributed by atoms with E-state index >= 15 is 0 Å². The van der Waals surface area contributed by atoms with Crippen LogP contribution < -0.4 is 9.47 Å². The predicted molar refractivity (Wildman–Crippen MR) is 73.0 cm³/mol. The van der Waals surface area contributed by atoms with Crippen LogP contribution in [0.4, 0.5) is 0 Å². The third-order valence-electron chi connectivity index (χ3n) is 2.65. The first-order chi connectivity index (χ1) is 9.76. The van der Waals surface area contributed by atoms with Crippen molar-refractivity contribution >= 4 is 0 Å². The molecule has 0 bridgehead atoms. The van der Waals surface area contributed by atoms with E-state index in [1.807, 2.05) is 36.4 Å². The summed E-state index contributed by atoms with van der Waals surface area (Å²) in [4.78, 5) is 0. The second-order valence-electron chi connectivity index (χ2n) is 4.26. The minimum absolute atomic E-state index is 0.222. The fourth-order valence-corrected chi connectivity index (χ4v) is 1.79. The maximum Gasteiger partial charge on any atom is 0.560 e. The van der Waals surface area contributed by atoms with E-state index in [0.717, 1.165) is 0 Å². The maximum absolute atomic E-state index is 5.71. The van der Waals surface area contributed by atoms with Crippen molar-refractivity contribution in [3.8, 4) is 11.5 Å². The molecule has 102 valence electrons. The molecule has 4 heteroatoms. The first kappa shape index (κ1) is 12.6. The molecule has 1 aliphatic rings. The van der Waals surface area contributed by atoms with Crippen molar-refractivity contribution < 1.29 is 18.9 Å². The van der Waals surface area contributed by atoms with E-state index in [1.165, 1.54) is 0 Å². The normalized spacial score (nSPS) is 16.5. The summed E-state index contributed by atoms with van der Waals surface area (Å²) in [7, 11) is 0. The van der Waals surface area contributed by atoms with E-state index in [0.29, 0.717) is 17.3 Å². The predicted octanol–water partition coefficient (Wildman–Crippen LogP) is 3.32. The lowest BCUT2D eigenvalue weighted by Gasteiger charge is -2.26. The molecule has 0 saturated carbocycles. The van der Waals surface area contributed by atoms with Crippen molar-refractivity contribution in [2.75, 3.05) is 6.61 Å². The third-order valence-corrected chi connectivity index (χ3v) is 2.65. The van der Waals surface area contributed by atoms with Gasteiger partial charge in [-0.1, -0.05) is 43.0 Å². The van der Waals surface area contributed by atoms with E-state index in [4.69, 9.17) is 18.9 Å². The summed E-state index contributed by atoms with van der Waals surface area (Å²) in [5, 5.41) is 0. The third kappa shape index (κ3) is 2.75. The van der Waals surface area contributed by atoms with Gasteiger partial charge in [0, 0.05) is 0 Å². The van der Waals surface area contributed by atoms with Crippen LogP contribution in [0, 0.1) is 0 Å². The Balaban J connectivity index is 1.84. The molecule has 2 aromatic carbocycles. The van der Waals surface area contributed by atoms with Crippen LogP contribution in [0.25, 0.3) is 0 Å². The zero-order valence-electron chi connectivity index (χ0n) is 10.8. The molecule has 0 radical (unpaired) electrons. The summed E-state index contributed by atoms with van der Waals surface area (Å²) >= 11 is 0. The van der Waals surface area contributed by atoms with Gasteiger partial charge in [-0.3, -0.25) is 4.74 Å². The zero-order valence-corrected chi connectivity index (χ0v) is 10.8. The second kappa shape index (κ2) is 5.27. The number of benzene rings is 2. The van der Waals surface area contributed by atoms with Gasteiger partial charge in [-0.15, -0.1) is 0 Å². The maximum atomic E-state index is 5.71. The van der Waals surface area contributed by atoms with Gasteiger partial charge in [0.15, 0.2) is 0 Å². The molecule has 3 rings (SSSR count). The molecule has 0 aliphatic carbocycles. The van der Waals surface area contributed by atoms with E-state index in [1.54, 1.807) is 24.3 Å². The minimum atomic E-state index is -1.63. The number of hydrogen-bond donors (Lipinski definition) is 0. The van der Waals surface area contributed by atoms with Gasteiger partial charge in [-0.05, 0) is 24.3 Å². The number of para-hydroxylation sites is 2. The van der Waals surface area contributed by atoms with Gasteiger partial charge < -0.3 is 14.2 Å². The van der Waals surface area contributed by atoms with Gasteiger partial charge in [0.1, 0.15) is 23.9 Å². The first-order valence-corrected chi connectivity index (χ1v) is 6.25. The van der Waals surface area contributed by atoms with Gasteiger partial charge in [-0.25, -0.2) is 0 Å². The first-order valence-electron chi connectivity index (χ1n) is 6.25. The molecule has 1 fully saturated rings. The highest BCUT2D eigenvalue weighted by Crippen LogP contribution is 2.31. The lowest BCUT2D eigenvalue weighted by Crippen LogP contribution is -2.43. The van der Waals surface area contributed by atoms with E-state index in [2.05, 4.69) is 6.58 Å². The lowest BCUT2D eigenvalue weighted by molar-refractivity contribution is -0.390. The topological polar surface area (TPSA) is 36.9 Å². The van der Waals surface area contributed by atoms with Gasteiger partial charge in [0.25, 0.3) is 0 Å². The van der Waals surface area contributed by atoms with E-state index in [-0.39, 0.29) is 6.61 Å². The smallest absolute Gasteiger partial charge is 0.399 e. The van der Waals surface area contributed by atoms with Crippen molar-refractivity contribution in [1.82, 2.24) is 0 Å². The Kier molecular flexibility index (Phi) is 3.31. The highest BCUT2D eigenvalue weighted by Gasteiger charge is 2.46. The number of hydrogen-bond acceptors (Lipinski definition) is 4. The largest absolute Gasteiger partial charge is 0.560 e. The van der Waals surface area contributed by atoms with Crippen molar-refractivity contribution in [3.63, 3.8) is 0 Å². The Hall–Kier alpha value is -2.46. The minimum Gasteiger partial charge on any atom is -0.399 e. The van der Waals surface area contributed by atoms with Crippen molar-refractivity contribution in [2.24, 2.45) is 0 Å². The van der Waals surface area contributed by atoms with Crippen molar-refractivity contribution in [2.45, 2.75) is 6.16 Å². The van der Waals surface area contributed by atoms with E-state index in [9.17, 15) is 0 Å². The molecular formula is C16H14O4. The highest BCUT2D eigenvalue weighted by molar-refractivity contribution is 5.23. The molecule has 0 aromatic heterocycles. The van der Waals surface area contributed by atoms with Crippen LogP contribution in [0.1, 0.15) is 0 Å². The Morgan fingerprint density at radius 1 is 0.850 bits per heavy atom. The van der Waals surface area contributed by atoms with Crippen LogP contribution in [0.5, 0.6) is 11.5 Å².